The summed E-state index contributed by atoms with van der Waals surface area (Å²) in [6.07, 6.45) is -3.68. The fourth-order valence-electron chi connectivity index (χ4n) is 1.90. The first-order valence-corrected chi connectivity index (χ1v) is 6.22. The normalized spacial score (nSPS) is 19.7. The topological polar surface area (TPSA) is 73.1 Å². The summed E-state index contributed by atoms with van der Waals surface area (Å²) in [7, 11) is 0. The minimum Gasteiger partial charge on any atom is -0.378 e. The van der Waals surface area contributed by atoms with Crippen LogP contribution in [0.5, 0.6) is 0 Å². The maximum absolute atomic E-state index is 12.5. The molecule has 2 aromatic rings. The van der Waals surface area contributed by atoms with E-state index in [0.717, 1.165) is 12.3 Å². The van der Waals surface area contributed by atoms with E-state index in [1.165, 1.54) is 6.07 Å². The molecule has 112 valence electrons. The van der Waals surface area contributed by atoms with Crippen LogP contribution in [0, 0.1) is 0 Å². The van der Waals surface area contributed by atoms with Crippen LogP contribution < -0.4 is 5.32 Å². The number of hydrogen-bond acceptors (Lipinski definition) is 6. The van der Waals surface area contributed by atoms with Crippen LogP contribution in [-0.2, 0) is 10.9 Å². The van der Waals surface area contributed by atoms with Crippen LogP contribution in [0.4, 0.5) is 13.2 Å². The van der Waals surface area contributed by atoms with Crippen LogP contribution in [0.25, 0.3) is 11.6 Å². The number of nitrogens with zero attached hydrogens (tertiary/aromatic N) is 3. The Balaban J connectivity index is 1.79. The highest BCUT2D eigenvalue weighted by atomic mass is 19.4. The number of ether oxygens (including phenoxy) is 1. The van der Waals surface area contributed by atoms with Gasteiger partial charge in [0.15, 0.2) is 5.82 Å². The van der Waals surface area contributed by atoms with Gasteiger partial charge in [-0.1, -0.05) is 5.16 Å². The Labute approximate surface area is 117 Å². The van der Waals surface area contributed by atoms with E-state index in [4.69, 9.17) is 9.26 Å². The van der Waals surface area contributed by atoms with Gasteiger partial charge in [-0.05, 0) is 12.1 Å². The lowest BCUT2D eigenvalue weighted by Gasteiger charge is -2.20. The van der Waals surface area contributed by atoms with Crippen LogP contribution in [-0.4, -0.2) is 34.9 Å². The zero-order valence-corrected chi connectivity index (χ0v) is 10.7. The zero-order chi connectivity index (χ0) is 14.9. The average molecular weight is 300 g/mol. The van der Waals surface area contributed by atoms with Crippen molar-refractivity contribution in [3.8, 4) is 11.6 Å². The molecule has 1 aliphatic heterocycles. The predicted molar refractivity (Wildman–Crippen MR) is 64.1 cm³/mol. The quantitative estimate of drug-likeness (QED) is 0.912. The van der Waals surface area contributed by atoms with Gasteiger partial charge >= 0.3 is 6.18 Å². The molecule has 0 radical (unpaired) electrons. The van der Waals surface area contributed by atoms with E-state index in [1.807, 2.05) is 0 Å². The second-order valence-electron chi connectivity index (χ2n) is 4.47. The monoisotopic (exact) mass is 300 g/mol. The van der Waals surface area contributed by atoms with Crippen molar-refractivity contribution in [2.75, 3.05) is 19.8 Å². The van der Waals surface area contributed by atoms with Gasteiger partial charge in [-0.3, -0.25) is 4.98 Å². The van der Waals surface area contributed by atoms with Crippen molar-refractivity contribution in [2.45, 2.75) is 12.2 Å². The van der Waals surface area contributed by atoms with Crippen molar-refractivity contribution < 1.29 is 22.4 Å². The van der Waals surface area contributed by atoms with Gasteiger partial charge in [0.1, 0.15) is 5.69 Å². The summed E-state index contributed by atoms with van der Waals surface area (Å²) in [4.78, 5) is 7.84. The fraction of sp³-hybridized carbons (Fsp3) is 0.417. The van der Waals surface area contributed by atoms with Crippen molar-refractivity contribution in [2.24, 2.45) is 0 Å². The third kappa shape index (κ3) is 3.03. The Kier molecular flexibility index (Phi) is 3.60. The van der Waals surface area contributed by atoms with Gasteiger partial charge in [0.05, 0.1) is 24.8 Å². The van der Waals surface area contributed by atoms with Crippen LogP contribution in [0.1, 0.15) is 17.4 Å². The molecule has 1 fully saturated rings. The molecule has 0 aliphatic carbocycles. The molecule has 1 N–H and O–H groups in total. The van der Waals surface area contributed by atoms with E-state index < -0.39 is 11.7 Å². The van der Waals surface area contributed by atoms with Gasteiger partial charge in [-0.2, -0.15) is 18.2 Å². The highest BCUT2D eigenvalue weighted by molar-refractivity contribution is 5.46. The Morgan fingerprint density at radius 1 is 1.29 bits per heavy atom. The fourth-order valence-corrected chi connectivity index (χ4v) is 1.90. The molecule has 1 aliphatic rings. The van der Waals surface area contributed by atoms with Crippen molar-refractivity contribution in [3.63, 3.8) is 0 Å². The second-order valence-corrected chi connectivity index (χ2v) is 4.47. The lowest BCUT2D eigenvalue weighted by molar-refractivity contribution is -0.137. The minimum absolute atomic E-state index is 0.0751. The first-order chi connectivity index (χ1) is 10.0. The van der Waals surface area contributed by atoms with E-state index >= 15 is 0 Å². The molecule has 1 unspecified atom stereocenters. The van der Waals surface area contributed by atoms with Crippen molar-refractivity contribution in [1.82, 2.24) is 20.4 Å². The molecule has 2 aromatic heterocycles. The van der Waals surface area contributed by atoms with Crippen LogP contribution in [0.3, 0.4) is 0 Å². The van der Waals surface area contributed by atoms with Gasteiger partial charge in [0, 0.05) is 12.7 Å². The molecule has 0 aromatic carbocycles. The summed E-state index contributed by atoms with van der Waals surface area (Å²) >= 11 is 0. The molecule has 9 heteroatoms. The number of alkyl halides is 3. The standard InChI is InChI=1S/C12H11F3N4O2/c13-12(14,15)7-1-2-8(17-5-7)11-18-10(19-21-11)9-6-20-4-3-16-9/h1-2,5,9,16H,3-4,6H2. The number of pyridine rings is 1. The number of rotatable bonds is 2. The Morgan fingerprint density at radius 3 is 2.76 bits per heavy atom. The molecule has 3 rings (SSSR count). The summed E-state index contributed by atoms with van der Waals surface area (Å²) in [6.45, 7) is 1.70. The van der Waals surface area contributed by atoms with E-state index in [1.54, 1.807) is 0 Å². The van der Waals surface area contributed by atoms with Crippen molar-refractivity contribution >= 4 is 0 Å². The maximum Gasteiger partial charge on any atom is 0.417 e. The molecule has 0 bridgehead atoms. The van der Waals surface area contributed by atoms with Crippen molar-refractivity contribution in [1.29, 1.82) is 0 Å². The first kappa shape index (κ1) is 14.0. The number of aromatic nitrogens is 3. The van der Waals surface area contributed by atoms with Crippen molar-refractivity contribution in [3.05, 3.63) is 29.7 Å². The SMILES string of the molecule is FC(F)(F)c1ccc(-c2nc(C3COCCN3)no2)nc1. The number of morpholine rings is 1. The summed E-state index contributed by atoms with van der Waals surface area (Å²) in [6, 6.07) is 1.93. The van der Waals surface area contributed by atoms with E-state index in [9.17, 15) is 13.2 Å². The lowest BCUT2D eigenvalue weighted by Crippen LogP contribution is -2.35. The first-order valence-electron chi connectivity index (χ1n) is 6.22. The van der Waals surface area contributed by atoms with E-state index in [2.05, 4.69) is 20.4 Å². The summed E-state index contributed by atoms with van der Waals surface area (Å²) < 4.78 is 47.7. The molecule has 0 amide bonds. The third-order valence-corrected chi connectivity index (χ3v) is 2.98. The largest absolute Gasteiger partial charge is 0.417 e. The Bertz CT molecular complexity index is 606. The summed E-state index contributed by atoms with van der Waals surface area (Å²) in [5.41, 5.74) is -0.633. The van der Waals surface area contributed by atoms with E-state index in [0.29, 0.717) is 25.6 Å². The van der Waals surface area contributed by atoms with Gasteiger partial charge in [0.2, 0.25) is 0 Å². The number of nitrogens with one attached hydrogen (secondary N) is 1. The van der Waals surface area contributed by atoms with Gasteiger partial charge in [-0.25, -0.2) is 0 Å². The molecule has 1 saturated heterocycles. The molecule has 1 atom stereocenters. The molecular weight excluding hydrogens is 289 g/mol. The maximum atomic E-state index is 12.5. The van der Waals surface area contributed by atoms with Crippen LogP contribution in [0.15, 0.2) is 22.9 Å². The summed E-state index contributed by atoms with van der Waals surface area (Å²) in [5, 5.41) is 6.95. The second kappa shape index (κ2) is 5.41. The smallest absolute Gasteiger partial charge is 0.378 e. The highest BCUT2D eigenvalue weighted by Crippen LogP contribution is 2.29. The lowest BCUT2D eigenvalue weighted by atomic mass is 10.2. The molecule has 0 saturated carbocycles. The molecule has 6 nitrogen and oxygen atoms in total. The van der Waals surface area contributed by atoms with Gasteiger partial charge < -0.3 is 14.6 Å². The van der Waals surface area contributed by atoms with Gasteiger partial charge in [0.25, 0.3) is 5.89 Å². The minimum atomic E-state index is -4.42. The molecular formula is C12H11F3N4O2. The Morgan fingerprint density at radius 2 is 2.14 bits per heavy atom. The number of hydrogen-bond donors (Lipinski definition) is 1. The predicted octanol–water partition coefficient (Wildman–Crippen LogP) is 1.81. The average Bonchev–Trinajstić information content (AvgIpc) is 2.97. The van der Waals surface area contributed by atoms with Gasteiger partial charge in [-0.15, -0.1) is 0 Å². The third-order valence-electron chi connectivity index (χ3n) is 2.98. The molecule has 3 heterocycles. The zero-order valence-electron chi connectivity index (χ0n) is 10.7. The summed E-state index contributed by atoms with van der Waals surface area (Å²) in [5.74, 6) is 0.470. The van der Waals surface area contributed by atoms with Crippen LogP contribution in [0.2, 0.25) is 0 Å². The highest BCUT2D eigenvalue weighted by Gasteiger charge is 2.31. The molecule has 21 heavy (non-hydrogen) atoms. The van der Waals surface area contributed by atoms with Crippen LogP contribution >= 0.6 is 0 Å². The molecule has 0 spiro atoms. The van der Waals surface area contributed by atoms with E-state index in [-0.39, 0.29) is 17.6 Å². The number of halogens is 3. The Hall–Kier alpha value is -2.00.